The second-order valence-corrected chi connectivity index (χ2v) is 6.91. The van der Waals surface area contributed by atoms with Crippen molar-refractivity contribution in [2.24, 2.45) is 5.73 Å². The summed E-state index contributed by atoms with van der Waals surface area (Å²) in [7, 11) is 0. The van der Waals surface area contributed by atoms with Gasteiger partial charge >= 0.3 is 0 Å². The summed E-state index contributed by atoms with van der Waals surface area (Å²) in [5, 5.41) is 3.35. The van der Waals surface area contributed by atoms with E-state index >= 15 is 0 Å². The summed E-state index contributed by atoms with van der Waals surface area (Å²) in [6.07, 6.45) is 25.2. The van der Waals surface area contributed by atoms with Gasteiger partial charge in [0.25, 0.3) is 0 Å². The highest BCUT2D eigenvalue weighted by atomic mass is 15.0. The highest BCUT2D eigenvalue weighted by molar-refractivity contribution is 4.81. The predicted molar refractivity (Wildman–Crippen MR) is 106 cm³/mol. The van der Waals surface area contributed by atoms with Gasteiger partial charge in [0.2, 0.25) is 0 Å². The van der Waals surface area contributed by atoms with Crippen molar-refractivity contribution in [1.29, 1.82) is 0 Å². The SMILES string of the molecule is CCCCCCCC/C=C\CCCCCCCCNC(N)CC. The van der Waals surface area contributed by atoms with Crippen molar-refractivity contribution in [1.82, 2.24) is 5.32 Å². The minimum Gasteiger partial charge on any atom is -0.316 e. The Hall–Kier alpha value is -0.340. The normalized spacial score (nSPS) is 13.0. The molecule has 0 bridgehead atoms. The Morgan fingerprint density at radius 2 is 1.17 bits per heavy atom. The molecule has 0 heterocycles. The van der Waals surface area contributed by atoms with Crippen LogP contribution in [0.3, 0.4) is 0 Å². The molecule has 0 aliphatic carbocycles. The molecule has 0 fully saturated rings. The van der Waals surface area contributed by atoms with Crippen LogP contribution in [0.25, 0.3) is 0 Å². The number of unbranched alkanes of at least 4 members (excludes halogenated alkanes) is 12. The quantitative estimate of drug-likeness (QED) is 0.176. The van der Waals surface area contributed by atoms with Gasteiger partial charge < -0.3 is 11.1 Å². The lowest BCUT2D eigenvalue weighted by molar-refractivity contribution is 0.489. The van der Waals surface area contributed by atoms with Crippen molar-refractivity contribution < 1.29 is 0 Å². The number of hydrogen-bond acceptors (Lipinski definition) is 2. The first kappa shape index (κ1) is 22.7. The van der Waals surface area contributed by atoms with Crippen LogP contribution in [0.4, 0.5) is 0 Å². The predicted octanol–water partition coefficient (Wildman–Crippen LogP) is 6.31. The van der Waals surface area contributed by atoms with Gasteiger partial charge in [-0.3, -0.25) is 0 Å². The van der Waals surface area contributed by atoms with Crippen molar-refractivity contribution in [3.05, 3.63) is 12.2 Å². The Morgan fingerprint density at radius 3 is 1.70 bits per heavy atom. The topological polar surface area (TPSA) is 38.0 Å². The van der Waals surface area contributed by atoms with E-state index in [1.54, 1.807) is 0 Å². The van der Waals surface area contributed by atoms with E-state index in [-0.39, 0.29) is 6.17 Å². The smallest absolute Gasteiger partial charge is 0.0543 e. The summed E-state index contributed by atoms with van der Waals surface area (Å²) >= 11 is 0. The number of allylic oxidation sites excluding steroid dienone is 2. The molecule has 0 rings (SSSR count). The first-order valence-corrected chi connectivity index (χ1v) is 10.4. The van der Waals surface area contributed by atoms with Crippen LogP contribution in [-0.2, 0) is 0 Å². The highest BCUT2D eigenvalue weighted by Gasteiger charge is 1.96. The van der Waals surface area contributed by atoms with Crippen LogP contribution in [-0.4, -0.2) is 12.7 Å². The standard InChI is InChI=1S/C21H44N2/c1-3-5-6-7-8-9-10-11-12-13-14-15-16-17-18-19-20-23-21(22)4-2/h11-12,21,23H,3-10,13-20,22H2,1-2H3/b12-11-. The molecule has 2 nitrogen and oxygen atoms in total. The van der Waals surface area contributed by atoms with E-state index in [0.717, 1.165) is 13.0 Å². The maximum atomic E-state index is 5.82. The molecule has 0 aromatic rings. The first-order valence-electron chi connectivity index (χ1n) is 10.4. The Labute approximate surface area is 146 Å². The van der Waals surface area contributed by atoms with Crippen LogP contribution < -0.4 is 11.1 Å². The molecular formula is C21H44N2. The zero-order chi connectivity index (χ0) is 17.0. The fourth-order valence-electron chi connectivity index (χ4n) is 2.80. The van der Waals surface area contributed by atoms with Crippen molar-refractivity contribution in [2.45, 2.75) is 116 Å². The Bertz CT molecular complexity index is 238. The fourth-order valence-corrected chi connectivity index (χ4v) is 2.80. The van der Waals surface area contributed by atoms with Crippen LogP contribution in [0.1, 0.15) is 110 Å². The highest BCUT2D eigenvalue weighted by Crippen LogP contribution is 2.09. The third-order valence-electron chi connectivity index (χ3n) is 4.53. The van der Waals surface area contributed by atoms with E-state index in [0.29, 0.717) is 0 Å². The summed E-state index contributed by atoms with van der Waals surface area (Å²) in [6.45, 7) is 5.49. The largest absolute Gasteiger partial charge is 0.316 e. The van der Waals surface area contributed by atoms with E-state index in [1.165, 1.54) is 89.9 Å². The molecule has 0 amide bonds. The summed E-state index contributed by atoms with van der Waals surface area (Å²) in [5.74, 6) is 0. The number of nitrogens with two attached hydrogens (primary N) is 1. The molecule has 23 heavy (non-hydrogen) atoms. The van der Waals surface area contributed by atoms with E-state index in [9.17, 15) is 0 Å². The second kappa shape index (κ2) is 19.7. The lowest BCUT2D eigenvalue weighted by Gasteiger charge is -2.10. The summed E-state index contributed by atoms with van der Waals surface area (Å²) < 4.78 is 0. The van der Waals surface area contributed by atoms with Crippen molar-refractivity contribution in [3.63, 3.8) is 0 Å². The van der Waals surface area contributed by atoms with Crippen molar-refractivity contribution in [3.8, 4) is 0 Å². The first-order chi connectivity index (χ1) is 11.3. The van der Waals surface area contributed by atoms with Gasteiger partial charge in [-0.25, -0.2) is 0 Å². The Kier molecular flexibility index (Phi) is 19.4. The Balaban J connectivity index is 3.08. The molecule has 0 aromatic carbocycles. The summed E-state index contributed by atoms with van der Waals surface area (Å²) in [5.41, 5.74) is 5.82. The van der Waals surface area contributed by atoms with E-state index < -0.39 is 0 Å². The minimum atomic E-state index is 0.193. The maximum Gasteiger partial charge on any atom is 0.0543 e. The molecule has 1 unspecified atom stereocenters. The average molecular weight is 325 g/mol. The molecule has 138 valence electrons. The second-order valence-electron chi connectivity index (χ2n) is 6.91. The van der Waals surface area contributed by atoms with Gasteiger partial charge in [0.1, 0.15) is 0 Å². The van der Waals surface area contributed by atoms with Crippen LogP contribution in [0, 0.1) is 0 Å². The van der Waals surface area contributed by atoms with Gasteiger partial charge in [-0.2, -0.15) is 0 Å². The molecule has 0 aromatic heterocycles. The number of rotatable bonds is 18. The van der Waals surface area contributed by atoms with Gasteiger partial charge in [0.05, 0.1) is 6.17 Å². The van der Waals surface area contributed by atoms with Crippen molar-refractivity contribution in [2.75, 3.05) is 6.54 Å². The van der Waals surface area contributed by atoms with Crippen LogP contribution in [0.2, 0.25) is 0 Å². The molecule has 0 aliphatic heterocycles. The minimum absolute atomic E-state index is 0.193. The molecule has 0 aliphatic rings. The monoisotopic (exact) mass is 324 g/mol. The maximum absolute atomic E-state index is 5.82. The van der Waals surface area contributed by atoms with E-state index in [4.69, 9.17) is 5.73 Å². The zero-order valence-electron chi connectivity index (χ0n) is 16.1. The van der Waals surface area contributed by atoms with Gasteiger partial charge in [-0.1, -0.05) is 83.8 Å². The zero-order valence-corrected chi connectivity index (χ0v) is 16.1. The molecule has 0 spiro atoms. The lowest BCUT2D eigenvalue weighted by Crippen LogP contribution is -2.37. The van der Waals surface area contributed by atoms with E-state index in [2.05, 4.69) is 31.3 Å². The van der Waals surface area contributed by atoms with Crippen LogP contribution in [0.5, 0.6) is 0 Å². The number of nitrogens with one attached hydrogen (secondary N) is 1. The van der Waals surface area contributed by atoms with Gasteiger partial charge in [0, 0.05) is 0 Å². The van der Waals surface area contributed by atoms with Crippen LogP contribution in [0.15, 0.2) is 12.2 Å². The summed E-state index contributed by atoms with van der Waals surface area (Å²) in [6, 6.07) is 0. The molecule has 0 saturated heterocycles. The van der Waals surface area contributed by atoms with E-state index in [1.807, 2.05) is 0 Å². The van der Waals surface area contributed by atoms with Crippen molar-refractivity contribution >= 4 is 0 Å². The molecule has 2 heteroatoms. The lowest BCUT2D eigenvalue weighted by atomic mass is 10.1. The van der Waals surface area contributed by atoms with Gasteiger partial charge in [-0.05, 0) is 45.1 Å². The Morgan fingerprint density at radius 1 is 0.696 bits per heavy atom. The third-order valence-corrected chi connectivity index (χ3v) is 4.53. The molecule has 3 N–H and O–H groups in total. The van der Waals surface area contributed by atoms with Gasteiger partial charge in [-0.15, -0.1) is 0 Å². The van der Waals surface area contributed by atoms with Crippen LogP contribution >= 0.6 is 0 Å². The third kappa shape index (κ3) is 19.6. The molecule has 0 radical (unpaired) electrons. The summed E-state index contributed by atoms with van der Waals surface area (Å²) in [4.78, 5) is 0. The molecule has 1 atom stereocenters. The number of hydrogen-bond donors (Lipinski definition) is 2. The fraction of sp³-hybridized carbons (Fsp3) is 0.905. The molecule has 0 saturated carbocycles. The van der Waals surface area contributed by atoms with Gasteiger partial charge in [0.15, 0.2) is 0 Å². The molecular weight excluding hydrogens is 280 g/mol. The average Bonchev–Trinajstić information content (AvgIpc) is 2.57.